The second-order valence-electron chi connectivity index (χ2n) is 5.79. The van der Waals surface area contributed by atoms with Crippen molar-refractivity contribution in [2.45, 2.75) is 43.8 Å². The van der Waals surface area contributed by atoms with Crippen molar-refractivity contribution >= 4 is 12.0 Å². The van der Waals surface area contributed by atoms with Crippen LogP contribution < -0.4 is 5.32 Å². The van der Waals surface area contributed by atoms with Gasteiger partial charge < -0.3 is 24.8 Å². The molecule has 2 N–H and O–H groups in total. The minimum atomic E-state index is -0.958. The van der Waals surface area contributed by atoms with Gasteiger partial charge in [0, 0.05) is 26.7 Å². The van der Waals surface area contributed by atoms with E-state index in [9.17, 15) is 9.59 Å². The summed E-state index contributed by atoms with van der Waals surface area (Å²) in [6.45, 7) is 1.47. The molecule has 0 radical (unpaired) electrons. The van der Waals surface area contributed by atoms with Crippen molar-refractivity contribution in [3.05, 3.63) is 0 Å². The minimum absolute atomic E-state index is 0.0675. The summed E-state index contributed by atoms with van der Waals surface area (Å²) in [4.78, 5) is 24.3. The number of ether oxygens (including phenoxy) is 2. The van der Waals surface area contributed by atoms with Crippen LogP contribution in [0.1, 0.15) is 32.1 Å². The van der Waals surface area contributed by atoms with Crippen LogP contribution in [-0.2, 0) is 14.3 Å². The van der Waals surface area contributed by atoms with Gasteiger partial charge in [-0.25, -0.2) is 9.59 Å². The first kappa shape index (κ1) is 16.0. The van der Waals surface area contributed by atoms with E-state index in [4.69, 9.17) is 14.6 Å². The van der Waals surface area contributed by atoms with Crippen LogP contribution in [0.2, 0.25) is 0 Å². The molecule has 1 aliphatic carbocycles. The summed E-state index contributed by atoms with van der Waals surface area (Å²) >= 11 is 0. The zero-order valence-electron chi connectivity index (χ0n) is 12.5. The largest absolute Gasteiger partial charge is 0.480 e. The minimum Gasteiger partial charge on any atom is -0.480 e. The number of hydrogen-bond acceptors (Lipinski definition) is 4. The number of rotatable bonds is 6. The molecular weight excluding hydrogens is 276 g/mol. The van der Waals surface area contributed by atoms with Crippen molar-refractivity contribution in [1.82, 2.24) is 10.2 Å². The van der Waals surface area contributed by atoms with Gasteiger partial charge in [-0.05, 0) is 32.1 Å². The van der Waals surface area contributed by atoms with Gasteiger partial charge in [0.05, 0.1) is 11.7 Å². The highest BCUT2D eigenvalue weighted by atomic mass is 16.5. The molecule has 0 atom stereocenters. The smallest absolute Gasteiger partial charge is 0.329 e. The number of carbonyl (C=O) groups excluding carboxylic acids is 1. The number of methoxy groups -OCH3 is 1. The number of aliphatic carboxylic acids is 1. The molecule has 1 heterocycles. The van der Waals surface area contributed by atoms with Crippen molar-refractivity contribution < 1.29 is 24.2 Å². The van der Waals surface area contributed by atoms with E-state index in [1.165, 1.54) is 0 Å². The molecule has 0 aromatic heterocycles. The van der Waals surface area contributed by atoms with Crippen LogP contribution in [0.5, 0.6) is 0 Å². The number of amides is 2. The average molecular weight is 300 g/mol. The lowest BCUT2D eigenvalue weighted by molar-refractivity contribution is -0.145. The van der Waals surface area contributed by atoms with Gasteiger partial charge in [-0.2, -0.15) is 0 Å². The highest BCUT2D eigenvalue weighted by Crippen LogP contribution is 2.34. The summed E-state index contributed by atoms with van der Waals surface area (Å²) in [5.41, 5.74) is -0.168. The molecule has 0 aromatic carbocycles. The van der Waals surface area contributed by atoms with Crippen LogP contribution in [0, 0.1) is 0 Å². The molecule has 0 unspecified atom stereocenters. The van der Waals surface area contributed by atoms with E-state index in [0.29, 0.717) is 32.5 Å². The molecular formula is C14H24N2O5. The average Bonchev–Trinajstić information content (AvgIpc) is 2.44. The topological polar surface area (TPSA) is 88.1 Å². The van der Waals surface area contributed by atoms with Crippen molar-refractivity contribution in [2.24, 2.45) is 0 Å². The van der Waals surface area contributed by atoms with E-state index in [-0.39, 0.29) is 24.3 Å². The van der Waals surface area contributed by atoms with Gasteiger partial charge >= 0.3 is 12.0 Å². The van der Waals surface area contributed by atoms with Gasteiger partial charge in [0.1, 0.15) is 6.61 Å². The molecule has 1 saturated carbocycles. The summed E-state index contributed by atoms with van der Waals surface area (Å²) in [5, 5.41) is 11.5. The summed E-state index contributed by atoms with van der Waals surface area (Å²) in [7, 11) is 1.69. The first-order valence-corrected chi connectivity index (χ1v) is 7.46. The van der Waals surface area contributed by atoms with Crippen molar-refractivity contribution in [3.63, 3.8) is 0 Å². The molecule has 7 heteroatoms. The van der Waals surface area contributed by atoms with Crippen molar-refractivity contribution in [1.29, 1.82) is 0 Å². The molecule has 2 aliphatic rings. The third-order valence-electron chi connectivity index (χ3n) is 4.43. The Hall–Kier alpha value is -1.34. The lowest BCUT2D eigenvalue weighted by atomic mass is 9.80. The Morgan fingerprint density at radius 3 is 2.48 bits per heavy atom. The first-order chi connectivity index (χ1) is 10.0. The molecule has 7 nitrogen and oxygen atoms in total. The van der Waals surface area contributed by atoms with Crippen LogP contribution >= 0.6 is 0 Å². The number of carboxylic acid groups (broad SMARTS) is 1. The van der Waals surface area contributed by atoms with Crippen LogP contribution in [0.25, 0.3) is 0 Å². The second-order valence-corrected chi connectivity index (χ2v) is 5.79. The summed E-state index contributed by atoms with van der Waals surface area (Å²) < 4.78 is 10.7. The van der Waals surface area contributed by atoms with Crippen LogP contribution in [-0.4, -0.2) is 67.1 Å². The molecule has 1 saturated heterocycles. The van der Waals surface area contributed by atoms with E-state index in [0.717, 1.165) is 19.3 Å². The zero-order chi connectivity index (χ0) is 15.3. The van der Waals surface area contributed by atoms with Crippen LogP contribution in [0.3, 0.4) is 0 Å². The van der Waals surface area contributed by atoms with Gasteiger partial charge in [0.2, 0.25) is 0 Å². The Morgan fingerprint density at radius 2 is 2.00 bits per heavy atom. The predicted octanol–water partition coefficient (Wildman–Crippen LogP) is 0.831. The molecule has 1 aliphatic heterocycles. The molecule has 2 rings (SSSR count). The Kier molecular flexibility index (Phi) is 5.41. The van der Waals surface area contributed by atoms with E-state index in [1.54, 1.807) is 12.0 Å². The maximum absolute atomic E-state index is 12.1. The molecule has 120 valence electrons. The summed E-state index contributed by atoms with van der Waals surface area (Å²) in [5.74, 6) is -0.958. The fourth-order valence-corrected chi connectivity index (χ4v) is 2.79. The van der Waals surface area contributed by atoms with Crippen LogP contribution in [0.15, 0.2) is 0 Å². The fourth-order valence-electron chi connectivity index (χ4n) is 2.79. The Balaban J connectivity index is 1.67. The molecule has 21 heavy (non-hydrogen) atoms. The highest BCUT2D eigenvalue weighted by Gasteiger charge is 2.37. The number of urea groups is 1. The van der Waals surface area contributed by atoms with Crippen molar-refractivity contribution in [3.8, 4) is 0 Å². The maximum Gasteiger partial charge on any atom is 0.329 e. The van der Waals surface area contributed by atoms with E-state index in [1.807, 2.05) is 0 Å². The number of likely N-dealkylation sites (tertiary alicyclic amines) is 1. The number of carbonyl (C=O) groups is 2. The fraction of sp³-hybridized carbons (Fsp3) is 0.857. The summed E-state index contributed by atoms with van der Waals surface area (Å²) in [6.07, 6.45) is 4.42. The van der Waals surface area contributed by atoms with Gasteiger partial charge in [-0.3, -0.25) is 0 Å². The normalized spacial score (nSPS) is 21.7. The standard InChI is InChI=1S/C14H24N2O5/c1-20-14(5-2-6-14)10-15-13(19)16-7-3-11(4-8-16)21-9-12(17)18/h11H,2-10H2,1H3,(H,15,19)(H,17,18). The highest BCUT2D eigenvalue weighted by molar-refractivity contribution is 5.74. The monoisotopic (exact) mass is 300 g/mol. The van der Waals surface area contributed by atoms with E-state index >= 15 is 0 Å². The first-order valence-electron chi connectivity index (χ1n) is 7.46. The Labute approximate surface area is 124 Å². The number of carboxylic acids is 1. The number of nitrogens with one attached hydrogen (secondary N) is 1. The molecule has 0 bridgehead atoms. The third kappa shape index (κ3) is 4.31. The van der Waals surface area contributed by atoms with E-state index < -0.39 is 5.97 Å². The van der Waals surface area contributed by atoms with Crippen molar-refractivity contribution in [2.75, 3.05) is 33.4 Å². The Morgan fingerprint density at radius 1 is 1.33 bits per heavy atom. The quantitative estimate of drug-likeness (QED) is 0.758. The summed E-state index contributed by atoms with van der Waals surface area (Å²) in [6, 6.07) is -0.0741. The predicted molar refractivity (Wildman–Crippen MR) is 75.2 cm³/mol. The SMILES string of the molecule is COC1(CNC(=O)N2CCC(OCC(=O)O)CC2)CCC1. The third-order valence-corrected chi connectivity index (χ3v) is 4.43. The maximum atomic E-state index is 12.1. The lowest BCUT2D eigenvalue weighted by Crippen LogP contribution is -2.53. The van der Waals surface area contributed by atoms with E-state index in [2.05, 4.69) is 5.32 Å². The molecule has 0 spiro atoms. The molecule has 2 fully saturated rings. The molecule has 0 aromatic rings. The number of piperidine rings is 1. The Bertz CT molecular complexity index is 370. The van der Waals surface area contributed by atoms with Gasteiger partial charge in [0.15, 0.2) is 0 Å². The zero-order valence-corrected chi connectivity index (χ0v) is 12.5. The molecule has 2 amide bonds. The second kappa shape index (κ2) is 7.09. The number of nitrogens with zero attached hydrogens (tertiary/aromatic N) is 1. The van der Waals surface area contributed by atoms with Crippen LogP contribution in [0.4, 0.5) is 4.79 Å². The van der Waals surface area contributed by atoms with Gasteiger partial charge in [0.25, 0.3) is 0 Å². The number of hydrogen-bond donors (Lipinski definition) is 2. The lowest BCUT2D eigenvalue weighted by Gasteiger charge is -2.41. The van der Waals surface area contributed by atoms with Gasteiger partial charge in [-0.15, -0.1) is 0 Å². The van der Waals surface area contributed by atoms with Gasteiger partial charge in [-0.1, -0.05) is 0 Å².